The van der Waals surface area contributed by atoms with Crippen LogP contribution in [0.5, 0.6) is 0 Å². The van der Waals surface area contributed by atoms with Gasteiger partial charge in [-0.25, -0.2) is 0 Å². The fourth-order valence-electron chi connectivity index (χ4n) is 4.02. The Kier molecular flexibility index (Phi) is 3.34. The fraction of sp³-hybridized carbons (Fsp3) is 0.706. The summed E-state index contributed by atoms with van der Waals surface area (Å²) >= 11 is 1.77. The maximum atomic E-state index is 13.0. The lowest BCUT2D eigenvalue weighted by Crippen LogP contribution is -2.40. The van der Waals surface area contributed by atoms with Crippen molar-refractivity contribution in [2.45, 2.75) is 69.6 Å². The van der Waals surface area contributed by atoms with Crippen molar-refractivity contribution in [3.63, 3.8) is 0 Å². The van der Waals surface area contributed by atoms with Gasteiger partial charge in [-0.3, -0.25) is 10.1 Å². The summed E-state index contributed by atoms with van der Waals surface area (Å²) in [4.78, 5) is 16.5. The van der Waals surface area contributed by atoms with Gasteiger partial charge in [0.25, 0.3) is 0 Å². The van der Waals surface area contributed by atoms with Gasteiger partial charge in [0.05, 0.1) is 0 Å². The highest BCUT2D eigenvalue weighted by atomic mass is 32.1. The van der Waals surface area contributed by atoms with E-state index in [0.29, 0.717) is 11.9 Å². The van der Waals surface area contributed by atoms with Gasteiger partial charge in [-0.2, -0.15) is 0 Å². The molecule has 4 heteroatoms. The predicted octanol–water partition coefficient (Wildman–Crippen LogP) is 3.68. The third kappa shape index (κ3) is 2.33. The molecule has 4 rings (SSSR count). The van der Waals surface area contributed by atoms with Crippen molar-refractivity contribution < 1.29 is 4.79 Å². The summed E-state index contributed by atoms with van der Waals surface area (Å²) in [7, 11) is 0. The Balaban J connectivity index is 1.62. The first-order valence-electron chi connectivity index (χ1n) is 8.33. The van der Waals surface area contributed by atoms with Crippen LogP contribution < -0.4 is 5.32 Å². The van der Waals surface area contributed by atoms with E-state index in [0.717, 1.165) is 18.8 Å². The molecule has 3 atom stereocenters. The number of nitrogens with one attached hydrogen (secondary N) is 1. The number of rotatable bonds is 2. The molecule has 1 aliphatic heterocycles. The molecular formula is C17H24N2OS. The predicted molar refractivity (Wildman–Crippen MR) is 85.0 cm³/mol. The van der Waals surface area contributed by atoms with E-state index in [4.69, 9.17) is 0 Å². The molecule has 0 aromatic carbocycles. The number of nitrogens with zero attached hydrogens (tertiary/aromatic N) is 1. The van der Waals surface area contributed by atoms with Gasteiger partial charge in [-0.05, 0) is 49.5 Å². The highest BCUT2D eigenvalue weighted by molar-refractivity contribution is 7.10. The molecule has 1 spiro atoms. The Labute approximate surface area is 130 Å². The molecule has 2 aliphatic carbocycles. The molecule has 3 unspecified atom stereocenters. The molecule has 1 amide bonds. The quantitative estimate of drug-likeness (QED) is 0.845. The molecule has 1 saturated heterocycles. The van der Waals surface area contributed by atoms with E-state index in [-0.39, 0.29) is 11.7 Å². The lowest BCUT2D eigenvalue weighted by Gasteiger charge is -2.32. The van der Waals surface area contributed by atoms with Crippen LogP contribution >= 0.6 is 11.3 Å². The van der Waals surface area contributed by atoms with Crippen LogP contribution in [0.1, 0.15) is 62.9 Å². The lowest BCUT2D eigenvalue weighted by molar-refractivity contribution is -0.133. The largest absolute Gasteiger partial charge is 0.317 e. The Morgan fingerprint density at radius 2 is 2.14 bits per heavy atom. The van der Waals surface area contributed by atoms with Crippen LogP contribution in [-0.4, -0.2) is 22.4 Å². The number of carbonyl (C=O) groups excluding carboxylic acids is 1. The van der Waals surface area contributed by atoms with Gasteiger partial charge in [-0.15, -0.1) is 11.3 Å². The van der Waals surface area contributed by atoms with Crippen molar-refractivity contribution in [3.8, 4) is 0 Å². The Morgan fingerprint density at radius 1 is 1.29 bits per heavy atom. The molecule has 1 N–H and O–H groups in total. The van der Waals surface area contributed by atoms with E-state index in [1.807, 2.05) is 0 Å². The third-order valence-corrected chi connectivity index (χ3v) is 6.44. The van der Waals surface area contributed by atoms with E-state index in [1.54, 1.807) is 11.3 Å². The number of thiophene rings is 1. The molecule has 2 heterocycles. The molecule has 3 nitrogen and oxygen atoms in total. The molecule has 3 fully saturated rings. The summed E-state index contributed by atoms with van der Waals surface area (Å²) in [5.74, 6) is 1.19. The van der Waals surface area contributed by atoms with Crippen LogP contribution in [0.4, 0.5) is 0 Å². The normalized spacial score (nSPS) is 35.2. The van der Waals surface area contributed by atoms with Gasteiger partial charge < -0.3 is 4.90 Å². The SMILES string of the molecule is CC1CCCC(N2C(=O)C3(CC3)NC2c2cccs2)CC1. The Morgan fingerprint density at radius 3 is 2.86 bits per heavy atom. The topological polar surface area (TPSA) is 32.3 Å². The third-order valence-electron chi connectivity index (χ3n) is 5.52. The van der Waals surface area contributed by atoms with Crippen molar-refractivity contribution >= 4 is 17.2 Å². The van der Waals surface area contributed by atoms with E-state index < -0.39 is 0 Å². The maximum absolute atomic E-state index is 13.0. The molecule has 2 saturated carbocycles. The van der Waals surface area contributed by atoms with Crippen LogP contribution in [0.15, 0.2) is 17.5 Å². The maximum Gasteiger partial charge on any atom is 0.244 e. The average molecular weight is 304 g/mol. The summed E-state index contributed by atoms with van der Waals surface area (Å²) in [6, 6.07) is 4.70. The van der Waals surface area contributed by atoms with Crippen LogP contribution in [0.3, 0.4) is 0 Å². The van der Waals surface area contributed by atoms with Crippen molar-refractivity contribution in [1.82, 2.24) is 10.2 Å². The van der Waals surface area contributed by atoms with Crippen LogP contribution in [-0.2, 0) is 4.79 Å². The zero-order valence-electron chi connectivity index (χ0n) is 12.7. The number of amides is 1. The lowest BCUT2D eigenvalue weighted by atomic mass is 10.0. The van der Waals surface area contributed by atoms with Crippen LogP contribution in [0.25, 0.3) is 0 Å². The zero-order chi connectivity index (χ0) is 14.4. The number of carbonyl (C=O) groups is 1. The standard InChI is InChI=1S/C17H24N2OS/c1-12-4-2-5-13(8-7-12)19-15(14-6-3-11-21-14)18-17(9-10-17)16(19)20/h3,6,11-13,15,18H,2,4-5,7-10H2,1H3. The molecule has 114 valence electrons. The molecule has 1 aromatic heterocycles. The van der Waals surface area contributed by atoms with Crippen molar-refractivity contribution in [2.75, 3.05) is 0 Å². The second-order valence-corrected chi connectivity index (χ2v) is 8.10. The van der Waals surface area contributed by atoms with Crippen molar-refractivity contribution in [1.29, 1.82) is 0 Å². The first-order valence-corrected chi connectivity index (χ1v) is 9.21. The summed E-state index contributed by atoms with van der Waals surface area (Å²) in [5.41, 5.74) is -0.202. The van der Waals surface area contributed by atoms with E-state index in [9.17, 15) is 4.79 Å². The van der Waals surface area contributed by atoms with E-state index in [1.165, 1.54) is 37.0 Å². The van der Waals surface area contributed by atoms with Crippen LogP contribution in [0.2, 0.25) is 0 Å². The minimum absolute atomic E-state index is 0.124. The molecule has 21 heavy (non-hydrogen) atoms. The highest BCUT2D eigenvalue weighted by Gasteiger charge is 2.60. The van der Waals surface area contributed by atoms with Gasteiger partial charge >= 0.3 is 0 Å². The van der Waals surface area contributed by atoms with Crippen LogP contribution in [0, 0.1) is 5.92 Å². The zero-order valence-corrected chi connectivity index (χ0v) is 13.5. The summed E-state index contributed by atoms with van der Waals surface area (Å²) in [6.45, 7) is 2.35. The van der Waals surface area contributed by atoms with Gasteiger partial charge in [0.15, 0.2) is 0 Å². The van der Waals surface area contributed by atoms with Gasteiger partial charge in [0.2, 0.25) is 5.91 Å². The average Bonchev–Trinajstić information content (AvgIpc) is 3.02. The number of hydrogen-bond acceptors (Lipinski definition) is 3. The minimum atomic E-state index is -0.202. The van der Waals surface area contributed by atoms with Gasteiger partial charge in [-0.1, -0.05) is 25.8 Å². The second kappa shape index (κ2) is 5.10. The Bertz CT molecular complexity index is 523. The summed E-state index contributed by atoms with van der Waals surface area (Å²) in [5, 5.41) is 5.78. The van der Waals surface area contributed by atoms with Crippen molar-refractivity contribution in [2.24, 2.45) is 5.92 Å². The first-order chi connectivity index (χ1) is 10.2. The smallest absolute Gasteiger partial charge is 0.244 e. The van der Waals surface area contributed by atoms with E-state index in [2.05, 4.69) is 34.7 Å². The molecular weight excluding hydrogens is 280 g/mol. The molecule has 1 aromatic rings. The van der Waals surface area contributed by atoms with E-state index >= 15 is 0 Å². The van der Waals surface area contributed by atoms with Crippen molar-refractivity contribution in [3.05, 3.63) is 22.4 Å². The summed E-state index contributed by atoms with van der Waals surface area (Å²) < 4.78 is 0. The van der Waals surface area contributed by atoms with Gasteiger partial charge in [0.1, 0.15) is 11.7 Å². The molecule has 0 bridgehead atoms. The first kappa shape index (κ1) is 13.8. The molecule has 0 radical (unpaired) electrons. The Hall–Kier alpha value is -0.870. The fourth-order valence-corrected chi connectivity index (χ4v) is 4.79. The highest BCUT2D eigenvalue weighted by Crippen LogP contribution is 2.48. The molecule has 3 aliphatic rings. The second-order valence-electron chi connectivity index (χ2n) is 7.12. The number of hydrogen-bond donors (Lipinski definition) is 1. The van der Waals surface area contributed by atoms with Gasteiger partial charge in [0, 0.05) is 10.9 Å². The minimum Gasteiger partial charge on any atom is -0.317 e. The summed E-state index contributed by atoms with van der Waals surface area (Å²) in [6.07, 6.45) is 8.36. The monoisotopic (exact) mass is 304 g/mol.